The lowest BCUT2D eigenvalue weighted by atomic mass is 10.1. The summed E-state index contributed by atoms with van der Waals surface area (Å²) in [5.74, 6) is -4.28. The van der Waals surface area contributed by atoms with Crippen LogP contribution in [0, 0.1) is 0 Å². The third-order valence-electron chi connectivity index (χ3n) is 3.49. The van der Waals surface area contributed by atoms with E-state index in [-0.39, 0.29) is 19.3 Å². The maximum Gasteiger partial charge on any atom is 0.326 e. The molecule has 0 radical (unpaired) electrons. The molecule has 0 aliphatic rings. The summed E-state index contributed by atoms with van der Waals surface area (Å²) in [7, 11) is 0. The highest BCUT2D eigenvalue weighted by Gasteiger charge is 2.25. The molecule has 0 bridgehead atoms. The fourth-order valence-corrected chi connectivity index (χ4v) is 2.38. The number of carboxylic acid groups (broad SMARTS) is 2. The number of carbonyl (C=O) groups excluding carboxylic acids is 3. The predicted octanol–water partition coefficient (Wildman–Crippen LogP) is -2.91. The normalized spacial score (nSPS) is 13.7. The van der Waals surface area contributed by atoms with Crippen LogP contribution in [0.5, 0.6) is 0 Å². The Bertz CT molecular complexity index is 574. The largest absolute Gasteiger partial charge is 0.481 e. The minimum Gasteiger partial charge on any atom is -0.481 e. The van der Waals surface area contributed by atoms with Crippen molar-refractivity contribution in [2.75, 3.05) is 25.2 Å². The number of rotatable bonds is 14. The van der Waals surface area contributed by atoms with Gasteiger partial charge in [0.1, 0.15) is 12.1 Å². The number of amides is 3. The first-order valence-corrected chi connectivity index (χ1v) is 9.69. The Kier molecular flexibility index (Phi) is 12.6. The summed E-state index contributed by atoms with van der Waals surface area (Å²) >= 11 is 1.42. The molecule has 0 saturated heterocycles. The van der Waals surface area contributed by atoms with Crippen LogP contribution in [0.2, 0.25) is 0 Å². The van der Waals surface area contributed by atoms with Crippen LogP contribution < -0.4 is 21.7 Å². The van der Waals surface area contributed by atoms with Gasteiger partial charge in [0.25, 0.3) is 0 Å². The Hall–Kier alpha value is -2.38. The van der Waals surface area contributed by atoms with Crippen LogP contribution in [-0.4, -0.2) is 88.3 Å². The maximum atomic E-state index is 12.0. The molecule has 0 saturated carbocycles. The van der Waals surface area contributed by atoms with Crippen molar-refractivity contribution in [3.63, 3.8) is 0 Å². The van der Waals surface area contributed by atoms with Gasteiger partial charge in [0.15, 0.2) is 0 Å². The second kappa shape index (κ2) is 13.7. The molecule has 3 amide bonds. The molecule has 160 valence electrons. The highest BCUT2D eigenvalue weighted by atomic mass is 32.2. The SMILES string of the molecule is CSCCC(NC(=O)CNC(=O)C(CO)NC(=O)C(N)CCC(=O)O)C(=O)O. The van der Waals surface area contributed by atoms with E-state index < -0.39 is 60.9 Å². The van der Waals surface area contributed by atoms with Crippen molar-refractivity contribution in [1.82, 2.24) is 16.0 Å². The Morgan fingerprint density at radius 2 is 1.64 bits per heavy atom. The third-order valence-corrected chi connectivity index (χ3v) is 4.13. The Balaban J connectivity index is 4.52. The average Bonchev–Trinajstić information content (AvgIpc) is 2.64. The van der Waals surface area contributed by atoms with Gasteiger partial charge in [0, 0.05) is 6.42 Å². The fraction of sp³-hybridized carbons (Fsp3) is 0.667. The molecular formula is C15H26N4O8S. The van der Waals surface area contributed by atoms with E-state index in [0.717, 1.165) is 0 Å². The zero-order valence-corrected chi connectivity index (χ0v) is 16.2. The summed E-state index contributed by atoms with van der Waals surface area (Å²) in [4.78, 5) is 57.1. The highest BCUT2D eigenvalue weighted by Crippen LogP contribution is 2.01. The summed E-state index contributed by atoms with van der Waals surface area (Å²) in [6.45, 7) is -1.34. The second-order valence-electron chi connectivity index (χ2n) is 5.74. The summed E-state index contributed by atoms with van der Waals surface area (Å²) in [5, 5.41) is 33.4. The number of thioether (sulfide) groups is 1. The molecule has 0 spiro atoms. The van der Waals surface area contributed by atoms with Crippen LogP contribution in [0.15, 0.2) is 0 Å². The molecule has 0 aromatic heterocycles. The minimum absolute atomic E-state index is 0.157. The Labute approximate surface area is 165 Å². The quantitative estimate of drug-likeness (QED) is 0.152. The molecule has 12 nitrogen and oxygen atoms in total. The minimum atomic E-state index is -1.40. The van der Waals surface area contributed by atoms with E-state index in [1.807, 2.05) is 0 Å². The molecule has 13 heteroatoms. The van der Waals surface area contributed by atoms with Crippen LogP contribution in [0.1, 0.15) is 19.3 Å². The number of hydrogen-bond donors (Lipinski definition) is 7. The molecular weight excluding hydrogens is 396 g/mol. The van der Waals surface area contributed by atoms with E-state index in [0.29, 0.717) is 5.75 Å². The number of nitrogens with two attached hydrogens (primary N) is 1. The van der Waals surface area contributed by atoms with Crippen LogP contribution in [0.3, 0.4) is 0 Å². The summed E-state index contributed by atoms with van der Waals surface area (Å²) in [6.07, 6.45) is 1.50. The maximum absolute atomic E-state index is 12.0. The van der Waals surface area contributed by atoms with Gasteiger partial charge in [-0.1, -0.05) is 0 Å². The standard InChI is InChI=1S/C15H26N4O8S/c1-28-5-4-9(15(26)27)18-11(21)6-17-14(25)10(7-20)19-13(24)8(16)2-3-12(22)23/h8-10,20H,2-7,16H2,1H3,(H,17,25)(H,18,21)(H,19,24)(H,22,23)(H,26,27). The van der Waals surface area contributed by atoms with E-state index >= 15 is 0 Å². The number of carbonyl (C=O) groups is 5. The van der Waals surface area contributed by atoms with Gasteiger partial charge in [-0.2, -0.15) is 11.8 Å². The zero-order chi connectivity index (χ0) is 21.7. The van der Waals surface area contributed by atoms with Crippen molar-refractivity contribution in [1.29, 1.82) is 0 Å². The number of hydrogen-bond acceptors (Lipinski definition) is 8. The third kappa shape index (κ3) is 10.7. The van der Waals surface area contributed by atoms with Gasteiger partial charge in [-0.05, 0) is 24.9 Å². The van der Waals surface area contributed by atoms with E-state index in [9.17, 15) is 29.1 Å². The topological polar surface area (TPSA) is 208 Å². The van der Waals surface area contributed by atoms with Crippen molar-refractivity contribution in [3.05, 3.63) is 0 Å². The Morgan fingerprint density at radius 3 is 2.14 bits per heavy atom. The lowest BCUT2D eigenvalue weighted by Gasteiger charge is -2.19. The van der Waals surface area contributed by atoms with Crippen molar-refractivity contribution in [2.24, 2.45) is 5.73 Å². The van der Waals surface area contributed by atoms with Gasteiger partial charge in [-0.15, -0.1) is 0 Å². The van der Waals surface area contributed by atoms with E-state index in [2.05, 4.69) is 16.0 Å². The number of carboxylic acids is 2. The molecule has 3 unspecified atom stereocenters. The molecule has 0 heterocycles. The summed E-state index contributed by atoms with van der Waals surface area (Å²) in [5.41, 5.74) is 5.50. The van der Waals surface area contributed by atoms with Gasteiger partial charge in [0.05, 0.1) is 19.2 Å². The first kappa shape index (κ1) is 25.6. The molecule has 0 aromatic carbocycles. The molecule has 0 fully saturated rings. The van der Waals surface area contributed by atoms with Gasteiger partial charge in [0.2, 0.25) is 17.7 Å². The van der Waals surface area contributed by atoms with Crippen molar-refractivity contribution in [2.45, 2.75) is 37.4 Å². The predicted molar refractivity (Wildman–Crippen MR) is 99.4 cm³/mol. The van der Waals surface area contributed by atoms with E-state index in [4.69, 9.17) is 15.9 Å². The summed E-state index contributed by atoms with van der Waals surface area (Å²) in [6, 6.07) is -3.69. The van der Waals surface area contributed by atoms with Gasteiger partial charge >= 0.3 is 11.9 Å². The lowest BCUT2D eigenvalue weighted by molar-refractivity contribution is -0.142. The van der Waals surface area contributed by atoms with Gasteiger partial charge < -0.3 is 37.0 Å². The molecule has 0 aliphatic heterocycles. The van der Waals surface area contributed by atoms with Crippen molar-refractivity contribution < 1.29 is 39.3 Å². The lowest BCUT2D eigenvalue weighted by Crippen LogP contribution is -2.54. The molecule has 28 heavy (non-hydrogen) atoms. The molecule has 0 aromatic rings. The highest BCUT2D eigenvalue weighted by molar-refractivity contribution is 7.98. The van der Waals surface area contributed by atoms with E-state index in [1.165, 1.54) is 11.8 Å². The van der Waals surface area contributed by atoms with Crippen LogP contribution in [0.4, 0.5) is 0 Å². The van der Waals surface area contributed by atoms with Crippen LogP contribution >= 0.6 is 11.8 Å². The summed E-state index contributed by atoms with van der Waals surface area (Å²) < 4.78 is 0. The first-order valence-electron chi connectivity index (χ1n) is 8.29. The van der Waals surface area contributed by atoms with Crippen molar-refractivity contribution >= 4 is 41.4 Å². The average molecular weight is 422 g/mol. The number of aliphatic hydroxyl groups is 1. The molecule has 0 rings (SSSR count). The Morgan fingerprint density at radius 1 is 1.00 bits per heavy atom. The molecule has 0 aliphatic carbocycles. The zero-order valence-electron chi connectivity index (χ0n) is 15.3. The van der Waals surface area contributed by atoms with Crippen molar-refractivity contribution in [3.8, 4) is 0 Å². The number of nitrogens with one attached hydrogen (secondary N) is 3. The molecule has 8 N–H and O–H groups in total. The van der Waals surface area contributed by atoms with E-state index in [1.54, 1.807) is 6.26 Å². The molecule has 3 atom stereocenters. The fourth-order valence-electron chi connectivity index (χ4n) is 1.91. The van der Waals surface area contributed by atoms with Crippen LogP contribution in [-0.2, 0) is 24.0 Å². The second-order valence-corrected chi connectivity index (χ2v) is 6.73. The monoisotopic (exact) mass is 422 g/mol. The number of aliphatic carboxylic acids is 2. The van der Waals surface area contributed by atoms with Gasteiger partial charge in [-0.25, -0.2) is 4.79 Å². The smallest absolute Gasteiger partial charge is 0.326 e. The first-order chi connectivity index (χ1) is 13.1. The van der Waals surface area contributed by atoms with Crippen LogP contribution in [0.25, 0.3) is 0 Å². The number of aliphatic hydroxyl groups excluding tert-OH is 1. The van der Waals surface area contributed by atoms with Gasteiger partial charge in [-0.3, -0.25) is 19.2 Å².